The molecule has 4 heteroatoms. The van der Waals surface area contributed by atoms with E-state index in [1.54, 1.807) is 0 Å². The summed E-state index contributed by atoms with van der Waals surface area (Å²) in [4.78, 5) is 10.2. The Morgan fingerprint density at radius 1 is 1.05 bits per heavy atom. The van der Waals surface area contributed by atoms with Crippen LogP contribution in [0.15, 0.2) is 12.1 Å². The maximum absolute atomic E-state index is 4.95. The number of thiazole rings is 1. The number of aromatic nitrogens is 1. The van der Waals surface area contributed by atoms with Gasteiger partial charge in [-0.25, -0.2) is 4.98 Å². The molecule has 1 aromatic carbocycles. The summed E-state index contributed by atoms with van der Waals surface area (Å²) in [5.74, 6) is 0. The van der Waals surface area contributed by atoms with Gasteiger partial charge < -0.3 is 9.80 Å². The summed E-state index contributed by atoms with van der Waals surface area (Å²) in [6, 6.07) is 5.27. The van der Waals surface area contributed by atoms with Gasteiger partial charge in [0, 0.05) is 19.1 Å². The van der Waals surface area contributed by atoms with Crippen LogP contribution in [0.2, 0.25) is 0 Å². The zero-order chi connectivity index (χ0) is 15.1. The summed E-state index contributed by atoms with van der Waals surface area (Å²) in [5, 5.41) is 1.23. The number of hydrogen-bond donors (Lipinski definition) is 0. The van der Waals surface area contributed by atoms with Crippen molar-refractivity contribution in [1.29, 1.82) is 0 Å². The third kappa shape index (κ3) is 2.52. The highest BCUT2D eigenvalue weighted by Gasteiger charge is 2.27. The van der Waals surface area contributed by atoms with E-state index in [-0.39, 0.29) is 0 Å². The molecule has 3 nitrogen and oxygen atoms in total. The van der Waals surface area contributed by atoms with Crippen molar-refractivity contribution in [2.24, 2.45) is 0 Å². The van der Waals surface area contributed by atoms with Crippen molar-refractivity contribution in [2.75, 3.05) is 31.1 Å². The molecule has 2 aliphatic heterocycles. The third-order valence-corrected chi connectivity index (χ3v) is 6.55. The normalized spacial score (nSPS) is 21.1. The van der Waals surface area contributed by atoms with Gasteiger partial charge in [0.05, 0.1) is 10.2 Å². The molecular formula is C18H25N3S. The molecule has 3 heterocycles. The molecule has 2 aromatic rings. The molecule has 0 bridgehead atoms. The minimum absolute atomic E-state index is 0.817. The summed E-state index contributed by atoms with van der Waals surface area (Å²) >= 11 is 1.86. The quantitative estimate of drug-likeness (QED) is 0.835. The zero-order valence-electron chi connectivity index (χ0n) is 13.6. The van der Waals surface area contributed by atoms with Gasteiger partial charge in [0.2, 0.25) is 0 Å². The fourth-order valence-electron chi connectivity index (χ4n) is 3.88. The molecule has 0 saturated carbocycles. The highest BCUT2D eigenvalue weighted by molar-refractivity contribution is 7.22. The van der Waals surface area contributed by atoms with Crippen LogP contribution in [-0.4, -0.2) is 42.1 Å². The number of aryl methyl sites for hydroxylation is 2. The first-order valence-corrected chi connectivity index (χ1v) is 9.40. The summed E-state index contributed by atoms with van der Waals surface area (Å²) in [5.41, 5.74) is 3.89. The first-order valence-electron chi connectivity index (χ1n) is 8.58. The van der Waals surface area contributed by atoms with E-state index in [1.807, 2.05) is 11.3 Å². The maximum atomic E-state index is 4.95. The van der Waals surface area contributed by atoms with Gasteiger partial charge >= 0.3 is 0 Å². The van der Waals surface area contributed by atoms with Crippen LogP contribution in [0.5, 0.6) is 0 Å². The Kier molecular flexibility index (Phi) is 3.82. The van der Waals surface area contributed by atoms with Crippen LogP contribution in [0.25, 0.3) is 10.2 Å². The van der Waals surface area contributed by atoms with Gasteiger partial charge in [0.1, 0.15) is 0 Å². The summed E-state index contributed by atoms with van der Waals surface area (Å²) in [6.07, 6.45) is 5.40. The molecular weight excluding hydrogens is 290 g/mol. The second kappa shape index (κ2) is 5.82. The molecule has 0 atom stereocenters. The second-order valence-corrected chi connectivity index (χ2v) is 7.82. The van der Waals surface area contributed by atoms with E-state index in [0.717, 1.165) is 6.04 Å². The van der Waals surface area contributed by atoms with Gasteiger partial charge in [-0.3, -0.25) is 0 Å². The largest absolute Gasteiger partial charge is 0.348 e. The lowest BCUT2D eigenvalue weighted by Crippen LogP contribution is -2.43. The fourth-order valence-corrected chi connectivity index (χ4v) is 4.96. The highest BCUT2D eigenvalue weighted by atomic mass is 32.1. The molecule has 0 unspecified atom stereocenters. The van der Waals surface area contributed by atoms with Crippen molar-refractivity contribution < 1.29 is 0 Å². The van der Waals surface area contributed by atoms with Crippen molar-refractivity contribution in [3.63, 3.8) is 0 Å². The molecule has 2 fully saturated rings. The average molecular weight is 315 g/mol. The van der Waals surface area contributed by atoms with Crippen LogP contribution in [0.4, 0.5) is 5.13 Å². The van der Waals surface area contributed by atoms with Crippen molar-refractivity contribution in [3.05, 3.63) is 23.3 Å². The number of likely N-dealkylation sites (tertiary alicyclic amines) is 1. The number of hydrogen-bond acceptors (Lipinski definition) is 4. The molecule has 22 heavy (non-hydrogen) atoms. The van der Waals surface area contributed by atoms with Crippen LogP contribution >= 0.6 is 11.3 Å². The Hall–Kier alpha value is -1.13. The van der Waals surface area contributed by atoms with Crippen molar-refractivity contribution >= 4 is 26.7 Å². The number of piperidine rings is 1. The molecule has 0 amide bonds. The number of benzene rings is 1. The fraction of sp³-hybridized carbons (Fsp3) is 0.611. The van der Waals surface area contributed by atoms with Crippen LogP contribution in [-0.2, 0) is 0 Å². The number of fused-ring (bicyclic) bond motifs is 1. The third-order valence-electron chi connectivity index (χ3n) is 5.47. The molecule has 1 aromatic heterocycles. The number of nitrogens with zero attached hydrogens (tertiary/aromatic N) is 3. The Bertz CT molecular complexity index is 664. The Balaban J connectivity index is 1.50. The van der Waals surface area contributed by atoms with E-state index in [1.165, 1.54) is 78.3 Å². The second-order valence-electron chi connectivity index (χ2n) is 6.81. The van der Waals surface area contributed by atoms with Gasteiger partial charge in [-0.15, -0.1) is 0 Å². The lowest BCUT2D eigenvalue weighted by atomic mass is 10.0. The summed E-state index contributed by atoms with van der Waals surface area (Å²) < 4.78 is 1.33. The van der Waals surface area contributed by atoms with Crippen LogP contribution in [0.1, 0.15) is 36.8 Å². The van der Waals surface area contributed by atoms with Crippen LogP contribution < -0.4 is 4.90 Å². The van der Waals surface area contributed by atoms with Gasteiger partial charge in [-0.05, 0) is 69.8 Å². The molecule has 2 aliphatic rings. The molecule has 0 radical (unpaired) electrons. The SMILES string of the molecule is Cc1ccc2sc(N3CCC(N4CCCC4)CC3)nc2c1C. The van der Waals surface area contributed by atoms with Gasteiger partial charge in [-0.1, -0.05) is 17.4 Å². The Morgan fingerprint density at radius 3 is 2.50 bits per heavy atom. The molecule has 0 aliphatic carbocycles. The molecule has 0 N–H and O–H groups in total. The monoisotopic (exact) mass is 315 g/mol. The first-order chi connectivity index (χ1) is 10.7. The van der Waals surface area contributed by atoms with E-state index in [4.69, 9.17) is 4.98 Å². The van der Waals surface area contributed by atoms with E-state index in [9.17, 15) is 0 Å². The number of rotatable bonds is 2. The van der Waals surface area contributed by atoms with Crippen molar-refractivity contribution in [3.8, 4) is 0 Å². The Morgan fingerprint density at radius 2 is 1.77 bits per heavy atom. The smallest absolute Gasteiger partial charge is 0.186 e. The number of anilines is 1. The highest BCUT2D eigenvalue weighted by Crippen LogP contribution is 2.33. The van der Waals surface area contributed by atoms with Gasteiger partial charge in [0.25, 0.3) is 0 Å². The zero-order valence-corrected chi connectivity index (χ0v) is 14.5. The van der Waals surface area contributed by atoms with Gasteiger partial charge in [-0.2, -0.15) is 0 Å². The van der Waals surface area contributed by atoms with Crippen LogP contribution in [0, 0.1) is 13.8 Å². The van der Waals surface area contributed by atoms with E-state index in [2.05, 4.69) is 35.8 Å². The minimum Gasteiger partial charge on any atom is -0.348 e. The van der Waals surface area contributed by atoms with E-state index in [0.29, 0.717) is 0 Å². The molecule has 0 spiro atoms. The lowest BCUT2D eigenvalue weighted by molar-refractivity contribution is 0.208. The first kappa shape index (κ1) is 14.5. The van der Waals surface area contributed by atoms with Crippen molar-refractivity contribution in [1.82, 2.24) is 9.88 Å². The van der Waals surface area contributed by atoms with E-state index >= 15 is 0 Å². The topological polar surface area (TPSA) is 19.4 Å². The van der Waals surface area contributed by atoms with Gasteiger partial charge in [0.15, 0.2) is 5.13 Å². The lowest BCUT2D eigenvalue weighted by Gasteiger charge is -2.36. The molecule has 118 valence electrons. The predicted octanol–water partition coefficient (Wildman–Crippen LogP) is 3.98. The average Bonchev–Trinajstić information content (AvgIpc) is 3.21. The maximum Gasteiger partial charge on any atom is 0.186 e. The predicted molar refractivity (Wildman–Crippen MR) is 95.1 cm³/mol. The van der Waals surface area contributed by atoms with Crippen molar-refractivity contribution in [2.45, 2.75) is 45.6 Å². The summed E-state index contributed by atoms with van der Waals surface area (Å²) in [7, 11) is 0. The van der Waals surface area contributed by atoms with Crippen LogP contribution in [0.3, 0.4) is 0 Å². The Labute approximate surface area is 136 Å². The molecule has 2 saturated heterocycles. The molecule has 4 rings (SSSR count). The minimum atomic E-state index is 0.817. The van der Waals surface area contributed by atoms with E-state index < -0.39 is 0 Å². The summed E-state index contributed by atoms with van der Waals surface area (Å²) in [6.45, 7) is 9.35. The standard InChI is InChI=1S/C18H25N3S/c1-13-5-6-16-17(14(13)2)19-18(22-16)21-11-7-15(8-12-21)20-9-3-4-10-20/h5-6,15H,3-4,7-12H2,1-2H3.